The van der Waals surface area contributed by atoms with E-state index in [2.05, 4.69) is 37.8 Å². The zero-order chi connectivity index (χ0) is 28.1. The number of unbranched alkanes of at least 4 members (excludes halogenated alkanes) is 5. The van der Waals surface area contributed by atoms with Crippen molar-refractivity contribution in [2.75, 3.05) is 56.7 Å². The van der Waals surface area contributed by atoms with Gasteiger partial charge in [-0.15, -0.1) is 0 Å². The molecule has 40 heavy (non-hydrogen) atoms. The molecule has 1 aromatic heterocycles. The van der Waals surface area contributed by atoms with Crippen molar-refractivity contribution in [1.82, 2.24) is 20.3 Å². The first-order valence-electron chi connectivity index (χ1n) is 14.2. The molecule has 0 bridgehead atoms. The number of ether oxygens (including phenoxy) is 3. The minimum absolute atomic E-state index is 0.108. The van der Waals surface area contributed by atoms with Gasteiger partial charge >= 0.3 is 6.01 Å². The van der Waals surface area contributed by atoms with Crippen LogP contribution in [-0.2, 0) is 9.47 Å². The van der Waals surface area contributed by atoms with Gasteiger partial charge in [-0.2, -0.15) is 15.0 Å². The Morgan fingerprint density at radius 2 is 1.27 bits per heavy atom. The van der Waals surface area contributed by atoms with E-state index in [1.54, 1.807) is 12.1 Å². The van der Waals surface area contributed by atoms with Crippen molar-refractivity contribution in [2.45, 2.75) is 45.4 Å². The number of amides is 1. The van der Waals surface area contributed by atoms with Crippen LogP contribution >= 0.6 is 0 Å². The number of hydrogen-bond acceptors (Lipinski definition) is 9. The van der Waals surface area contributed by atoms with Crippen LogP contribution in [0.3, 0.4) is 0 Å². The van der Waals surface area contributed by atoms with Gasteiger partial charge in [0.25, 0.3) is 5.91 Å². The van der Waals surface area contributed by atoms with E-state index in [-0.39, 0.29) is 11.9 Å². The lowest BCUT2D eigenvalue weighted by molar-refractivity contribution is 0.0519. The average Bonchev–Trinajstić information content (AvgIpc) is 2.98. The third-order valence-electron chi connectivity index (χ3n) is 5.85. The van der Waals surface area contributed by atoms with Gasteiger partial charge < -0.3 is 30.2 Å². The van der Waals surface area contributed by atoms with E-state index in [4.69, 9.17) is 14.2 Å². The monoisotopic (exact) mass is 550 g/mol. The summed E-state index contributed by atoms with van der Waals surface area (Å²) in [5.74, 6) is 1.44. The molecule has 2 aromatic carbocycles. The maximum Gasteiger partial charge on any atom is 0.328 e. The largest absolute Gasteiger partial charge is 0.424 e. The van der Waals surface area contributed by atoms with Crippen LogP contribution in [0.2, 0.25) is 0 Å². The summed E-state index contributed by atoms with van der Waals surface area (Å²) in [7, 11) is 0. The number of para-hydroxylation sites is 1. The minimum Gasteiger partial charge on any atom is -0.424 e. The van der Waals surface area contributed by atoms with Crippen molar-refractivity contribution in [3.63, 3.8) is 0 Å². The first-order valence-corrected chi connectivity index (χ1v) is 14.2. The lowest BCUT2D eigenvalue weighted by Gasteiger charge is -2.11. The Kier molecular flexibility index (Phi) is 14.9. The predicted molar refractivity (Wildman–Crippen MR) is 157 cm³/mol. The molecule has 0 radical (unpaired) electrons. The fourth-order valence-corrected chi connectivity index (χ4v) is 3.75. The summed E-state index contributed by atoms with van der Waals surface area (Å²) in [6.07, 6.45) is 7.31. The summed E-state index contributed by atoms with van der Waals surface area (Å²) in [6.45, 7) is 5.73. The highest BCUT2D eigenvalue weighted by Gasteiger charge is 2.09. The highest BCUT2D eigenvalue weighted by Crippen LogP contribution is 2.19. The predicted octanol–water partition coefficient (Wildman–Crippen LogP) is 5.31. The zero-order valence-electron chi connectivity index (χ0n) is 23.4. The molecular formula is C30H42N6O4. The second kappa shape index (κ2) is 19.3. The van der Waals surface area contributed by atoms with Crippen LogP contribution in [0.15, 0.2) is 60.7 Å². The molecule has 3 N–H and O–H groups in total. The second-order valence-corrected chi connectivity index (χ2v) is 9.15. The van der Waals surface area contributed by atoms with Crippen LogP contribution < -0.4 is 20.7 Å². The molecule has 0 aliphatic rings. The Morgan fingerprint density at radius 3 is 1.98 bits per heavy atom. The first kappa shape index (κ1) is 30.8. The second-order valence-electron chi connectivity index (χ2n) is 9.15. The van der Waals surface area contributed by atoms with Gasteiger partial charge in [-0.1, -0.05) is 75.4 Å². The van der Waals surface area contributed by atoms with E-state index in [9.17, 15) is 4.79 Å². The number of benzene rings is 2. The van der Waals surface area contributed by atoms with E-state index >= 15 is 0 Å². The fraction of sp³-hybridized carbons (Fsp3) is 0.467. The SMILES string of the molecule is CCCCCCCCNc1nc(NCCOCCOCCNC(=O)c2ccccc2)nc(Oc2ccccc2)n1. The standard InChI is InChI=1S/C30H42N6O4/c1-2-3-4-5-6-13-18-32-28-34-29(36-30(35-28)40-26-16-11-8-12-17-26)33-20-22-39-24-23-38-21-19-31-27(37)25-14-9-7-10-15-25/h7-12,14-17H,2-6,13,18-24H2,1H3,(H,31,37)(H2,32,33,34,35,36). The van der Waals surface area contributed by atoms with Crippen molar-refractivity contribution in [2.24, 2.45) is 0 Å². The molecule has 10 nitrogen and oxygen atoms in total. The summed E-state index contributed by atoms with van der Waals surface area (Å²) in [6, 6.07) is 18.8. The summed E-state index contributed by atoms with van der Waals surface area (Å²) in [5, 5.41) is 9.31. The van der Waals surface area contributed by atoms with Crippen LogP contribution in [-0.4, -0.2) is 66.9 Å². The summed E-state index contributed by atoms with van der Waals surface area (Å²) >= 11 is 0. The van der Waals surface area contributed by atoms with Gasteiger partial charge in [-0.05, 0) is 30.7 Å². The Bertz CT molecular complexity index is 1090. The number of anilines is 2. The highest BCUT2D eigenvalue weighted by atomic mass is 16.5. The van der Waals surface area contributed by atoms with Crippen molar-refractivity contribution in [1.29, 1.82) is 0 Å². The third kappa shape index (κ3) is 12.9. The molecular weight excluding hydrogens is 508 g/mol. The van der Waals surface area contributed by atoms with Crippen molar-refractivity contribution in [3.05, 3.63) is 66.2 Å². The maximum atomic E-state index is 12.0. The number of carbonyl (C=O) groups is 1. The minimum atomic E-state index is -0.108. The van der Waals surface area contributed by atoms with E-state index < -0.39 is 0 Å². The van der Waals surface area contributed by atoms with Gasteiger partial charge in [0, 0.05) is 25.2 Å². The number of rotatable bonds is 21. The number of hydrogen-bond donors (Lipinski definition) is 3. The topological polar surface area (TPSA) is 120 Å². The molecule has 216 valence electrons. The molecule has 0 fully saturated rings. The van der Waals surface area contributed by atoms with Gasteiger partial charge in [-0.3, -0.25) is 4.79 Å². The average molecular weight is 551 g/mol. The molecule has 0 aliphatic heterocycles. The van der Waals surface area contributed by atoms with Crippen molar-refractivity contribution < 1.29 is 19.0 Å². The quantitative estimate of drug-likeness (QED) is 0.152. The van der Waals surface area contributed by atoms with Crippen LogP contribution in [0.1, 0.15) is 55.8 Å². The van der Waals surface area contributed by atoms with Gasteiger partial charge in [0.1, 0.15) is 5.75 Å². The van der Waals surface area contributed by atoms with E-state index in [1.807, 2.05) is 48.5 Å². The molecule has 0 unspecified atom stereocenters. The summed E-state index contributed by atoms with van der Waals surface area (Å²) in [5.41, 5.74) is 0.635. The molecule has 1 heterocycles. The van der Waals surface area contributed by atoms with Crippen LogP contribution in [0, 0.1) is 0 Å². The molecule has 0 saturated carbocycles. The molecule has 0 saturated heterocycles. The number of aromatic nitrogens is 3. The van der Waals surface area contributed by atoms with Crippen molar-refractivity contribution >= 4 is 17.8 Å². The van der Waals surface area contributed by atoms with E-state index in [0.29, 0.717) is 62.7 Å². The molecule has 3 aromatic rings. The van der Waals surface area contributed by atoms with Crippen LogP contribution in [0.4, 0.5) is 11.9 Å². The molecule has 10 heteroatoms. The van der Waals surface area contributed by atoms with Crippen LogP contribution in [0.5, 0.6) is 11.8 Å². The van der Waals surface area contributed by atoms with Gasteiger partial charge in [0.15, 0.2) is 0 Å². The Morgan fingerprint density at radius 1 is 0.675 bits per heavy atom. The van der Waals surface area contributed by atoms with Crippen LogP contribution in [0.25, 0.3) is 0 Å². The van der Waals surface area contributed by atoms with Gasteiger partial charge in [0.05, 0.1) is 26.4 Å². The Balaban J connectivity index is 1.33. The smallest absolute Gasteiger partial charge is 0.328 e. The van der Waals surface area contributed by atoms with Crippen molar-refractivity contribution in [3.8, 4) is 11.8 Å². The fourth-order valence-electron chi connectivity index (χ4n) is 3.75. The molecule has 3 rings (SSSR count). The third-order valence-corrected chi connectivity index (χ3v) is 5.85. The highest BCUT2D eigenvalue weighted by molar-refractivity contribution is 5.94. The Labute approximate surface area is 237 Å². The van der Waals surface area contributed by atoms with Gasteiger partial charge in [-0.25, -0.2) is 0 Å². The maximum absolute atomic E-state index is 12.0. The number of nitrogens with zero attached hydrogens (tertiary/aromatic N) is 3. The molecule has 0 spiro atoms. The molecule has 0 aliphatic carbocycles. The zero-order valence-corrected chi connectivity index (χ0v) is 23.4. The number of nitrogens with one attached hydrogen (secondary N) is 3. The van der Waals surface area contributed by atoms with E-state index in [0.717, 1.165) is 13.0 Å². The van der Waals surface area contributed by atoms with E-state index in [1.165, 1.54) is 32.1 Å². The molecule has 0 atom stereocenters. The molecule has 1 amide bonds. The lowest BCUT2D eigenvalue weighted by Crippen LogP contribution is -2.27. The summed E-state index contributed by atoms with van der Waals surface area (Å²) < 4.78 is 17.0. The normalized spacial score (nSPS) is 10.7. The Hall–Kier alpha value is -3.76. The number of carbonyl (C=O) groups excluding carboxylic acids is 1. The first-order chi connectivity index (χ1) is 19.7. The lowest BCUT2D eigenvalue weighted by atomic mass is 10.1. The van der Waals surface area contributed by atoms with Gasteiger partial charge in [0.2, 0.25) is 11.9 Å². The summed E-state index contributed by atoms with van der Waals surface area (Å²) in [4.78, 5) is 25.3.